The molecule has 0 unspecified atom stereocenters. The van der Waals surface area contributed by atoms with Gasteiger partial charge in [-0.05, 0) is 24.6 Å². The van der Waals surface area contributed by atoms with Gasteiger partial charge in [0, 0.05) is 6.92 Å². The highest BCUT2D eigenvalue weighted by molar-refractivity contribution is 5.66. The molecule has 84 valence electrons. The molecule has 0 aliphatic heterocycles. The summed E-state index contributed by atoms with van der Waals surface area (Å²) in [6.45, 7) is 3.25. The SMILES string of the molecule is CC(=O)O[C@@H](C#N)COc1cccc(C)c1. The van der Waals surface area contributed by atoms with Gasteiger partial charge in [0.05, 0.1) is 0 Å². The van der Waals surface area contributed by atoms with E-state index in [0.717, 1.165) is 5.56 Å². The Bertz CT molecular complexity index is 409. The van der Waals surface area contributed by atoms with Gasteiger partial charge in [0.1, 0.15) is 18.4 Å². The van der Waals surface area contributed by atoms with Crippen LogP contribution in [0.3, 0.4) is 0 Å². The topological polar surface area (TPSA) is 59.3 Å². The van der Waals surface area contributed by atoms with E-state index in [1.165, 1.54) is 6.92 Å². The summed E-state index contributed by atoms with van der Waals surface area (Å²) in [6.07, 6.45) is -0.863. The van der Waals surface area contributed by atoms with Crippen molar-refractivity contribution in [2.45, 2.75) is 20.0 Å². The van der Waals surface area contributed by atoms with E-state index >= 15 is 0 Å². The van der Waals surface area contributed by atoms with Crippen LogP contribution in [0.5, 0.6) is 5.75 Å². The highest BCUT2D eigenvalue weighted by atomic mass is 16.6. The minimum Gasteiger partial charge on any atom is -0.489 e. The molecular weight excluding hydrogens is 206 g/mol. The number of hydrogen-bond acceptors (Lipinski definition) is 4. The van der Waals surface area contributed by atoms with E-state index in [4.69, 9.17) is 14.7 Å². The largest absolute Gasteiger partial charge is 0.489 e. The first-order chi connectivity index (χ1) is 7.61. The van der Waals surface area contributed by atoms with Gasteiger partial charge < -0.3 is 9.47 Å². The maximum atomic E-state index is 10.6. The third kappa shape index (κ3) is 4.01. The van der Waals surface area contributed by atoms with E-state index in [9.17, 15) is 4.79 Å². The normalized spacial score (nSPS) is 11.3. The van der Waals surface area contributed by atoms with E-state index in [1.54, 1.807) is 6.07 Å². The Morgan fingerprint density at radius 2 is 2.31 bits per heavy atom. The van der Waals surface area contributed by atoms with Crippen molar-refractivity contribution in [2.24, 2.45) is 0 Å². The standard InChI is InChI=1S/C12H13NO3/c1-9-4-3-5-11(6-9)15-8-12(7-13)16-10(2)14/h3-6,12H,8H2,1-2H3/t12-/m0/s1. The second-order valence-corrected chi connectivity index (χ2v) is 3.35. The first-order valence-electron chi connectivity index (χ1n) is 4.88. The number of carbonyl (C=O) groups is 1. The Morgan fingerprint density at radius 1 is 1.56 bits per heavy atom. The molecule has 0 heterocycles. The van der Waals surface area contributed by atoms with Crippen molar-refractivity contribution in [1.82, 2.24) is 0 Å². The molecular formula is C12H13NO3. The average molecular weight is 219 g/mol. The van der Waals surface area contributed by atoms with Crippen molar-refractivity contribution < 1.29 is 14.3 Å². The highest BCUT2D eigenvalue weighted by Gasteiger charge is 2.11. The zero-order chi connectivity index (χ0) is 12.0. The maximum absolute atomic E-state index is 10.6. The van der Waals surface area contributed by atoms with Crippen molar-refractivity contribution in [3.8, 4) is 11.8 Å². The molecule has 1 aromatic carbocycles. The lowest BCUT2D eigenvalue weighted by Crippen LogP contribution is -2.22. The summed E-state index contributed by atoms with van der Waals surface area (Å²) in [7, 11) is 0. The first-order valence-corrected chi connectivity index (χ1v) is 4.88. The molecule has 1 rings (SSSR count). The molecule has 0 amide bonds. The Morgan fingerprint density at radius 3 is 2.88 bits per heavy atom. The number of hydrogen-bond donors (Lipinski definition) is 0. The maximum Gasteiger partial charge on any atom is 0.304 e. The van der Waals surface area contributed by atoms with Crippen molar-refractivity contribution in [2.75, 3.05) is 6.61 Å². The van der Waals surface area contributed by atoms with Crippen molar-refractivity contribution >= 4 is 5.97 Å². The Hall–Kier alpha value is -2.02. The number of aryl methyl sites for hydroxylation is 1. The minimum atomic E-state index is -0.863. The lowest BCUT2D eigenvalue weighted by molar-refractivity contribution is -0.144. The third-order valence-corrected chi connectivity index (χ3v) is 1.84. The number of carbonyl (C=O) groups excluding carboxylic acids is 1. The number of rotatable bonds is 4. The summed E-state index contributed by atoms with van der Waals surface area (Å²) in [5, 5.41) is 8.70. The summed E-state index contributed by atoms with van der Waals surface area (Å²) in [5.74, 6) is 0.173. The molecule has 0 N–H and O–H groups in total. The van der Waals surface area contributed by atoms with Gasteiger partial charge in [0.2, 0.25) is 6.10 Å². The van der Waals surface area contributed by atoms with Gasteiger partial charge in [-0.25, -0.2) is 0 Å². The molecule has 0 radical (unpaired) electrons. The predicted molar refractivity (Wildman–Crippen MR) is 57.8 cm³/mol. The fourth-order valence-electron chi connectivity index (χ4n) is 1.18. The minimum absolute atomic E-state index is 0.0412. The van der Waals surface area contributed by atoms with Crippen LogP contribution in [-0.4, -0.2) is 18.7 Å². The van der Waals surface area contributed by atoms with E-state index < -0.39 is 12.1 Å². The molecule has 0 aromatic heterocycles. The van der Waals surface area contributed by atoms with Gasteiger partial charge >= 0.3 is 5.97 Å². The number of ether oxygens (including phenoxy) is 2. The van der Waals surface area contributed by atoms with Crippen molar-refractivity contribution in [3.63, 3.8) is 0 Å². The monoisotopic (exact) mass is 219 g/mol. The number of esters is 1. The van der Waals surface area contributed by atoms with Crippen LogP contribution in [0.25, 0.3) is 0 Å². The summed E-state index contributed by atoms with van der Waals surface area (Å²) in [4.78, 5) is 10.6. The third-order valence-electron chi connectivity index (χ3n) is 1.84. The molecule has 0 bridgehead atoms. The van der Waals surface area contributed by atoms with E-state index in [2.05, 4.69) is 0 Å². The Kier molecular flexibility index (Phi) is 4.34. The van der Waals surface area contributed by atoms with Crippen molar-refractivity contribution in [1.29, 1.82) is 5.26 Å². The van der Waals surface area contributed by atoms with Crippen LogP contribution in [0.15, 0.2) is 24.3 Å². The predicted octanol–water partition coefficient (Wildman–Crippen LogP) is 1.83. The fourth-order valence-corrected chi connectivity index (χ4v) is 1.18. The van der Waals surface area contributed by atoms with Gasteiger partial charge in [-0.1, -0.05) is 12.1 Å². The Balaban J connectivity index is 2.50. The molecule has 1 aromatic rings. The van der Waals surface area contributed by atoms with Gasteiger partial charge in [-0.2, -0.15) is 5.26 Å². The zero-order valence-electron chi connectivity index (χ0n) is 9.27. The molecule has 4 nitrogen and oxygen atoms in total. The van der Waals surface area contributed by atoms with Crippen LogP contribution >= 0.6 is 0 Å². The smallest absolute Gasteiger partial charge is 0.304 e. The number of benzene rings is 1. The van der Waals surface area contributed by atoms with Crippen LogP contribution in [0, 0.1) is 18.3 Å². The summed E-state index contributed by atoms with van der Waals surface area (Å²) >= 11 is 0. The lowest BCUT2D eigenvalue weighted by Gasteiger charge is -2.11. The lowest BCUT2D eigenvalue weighted by atomic mass is 10.2. The molecule has 0 saturated carbocycles. The van der Waals surface area contributed by atoms with Gasteiger partial charge in [-0.15, -0.1) is 0 Å². The molecule has 16 heavy (non-hydrogen) atoms. The van der Waals surface area contributed by atoms with Gasteiger partial charge in [-0.3, -0.25) is 4.79 Å². The molecule has 0 aliphatic rings. The highest BCUT2D eigenvalue weighted by Crippen LogP contribution is 2.12. The van der Waals surface area contributed by atoms with Gasteiger partial charge in [0.15, 0.2) is 0 Å². The molecule has 0 fully saturated rings. The molecule has 4 heteroatoms. The summed E-state index contributed by atoms with van der Waals surface area (Å²) < 4.78 is 10.1. The van der Waals surface area contributed by atoms with E-state index in [1.807, 2.05) is 31.2 Å². The van der Waals surface area contributed by atoms with Gasteiger partial charge in [0.25, 0.3) is 0 Å². The van der Waals surface area contributed by atoms with E-state index in [0.29, 0.717) is 5.75 Å². The molecule has 1 atom stereocenters. The Labute approximate surface area is 94.4 Å². The first kappa shape index (κ1) is 12.1. The molecule has 0 saturated heterocycles. The van der Waals surface area contributed by atoms with Crippen molar-refractivity contribution in [3.05, 3.63) is 29.8 Å². The number of nitrogens with zero attached hydrogens (tertiary/aromatic N) is 1. The van der Waals surface area contributed by atoms with Crippen LogP contribution in [0.4, 0.5) is 0 Å². The van der Waals surface area contributed by atoms with Crippen LogP contribution in [-0.2, 0) is 9.53 Å². The van der Waals surface area contributed by atoms with Crippen LogP contribution in [0.2, 0.25) is 0 Å². The summed E-state index contributed by atoms with van der Waals surface area (Å²) in [5.41, 5.74) is 1.07. The zero-order valence-corrected chi connectivity index (χ0v) is 9.27. The molecule has 0 spiro atoms. The second kappa shape index (κ2) is 5.76. The van der Waals surface area contributed by atoms with Crippen LogP contribution in [0.1, 0.15) is 12.5 Å². The summed E-state index contributed by atoms with van der Waals surface area (Å²) in [6, 6.07) is 9.29. The average Bonchev–Trinajstić information content (AvgIpc) is 2.24. The quantitative estimate of drug-likeness (QED) is 0.725. The molecule has 0 aliphatic carbocycles. The van der Waals surface area contributed by atoms with Crippen LogP contribution < -0.4 is 4.74 Å². The fraction of sp³-hybridized carbons (Fsp3) is 0.333. The second-order valence-electron chi connectivity index (χ2n) is 3.35. The number of nitriles is 1. The van der Waals surface area contributed by atoms with E-state index in [-0.39, 0.29) is 6.61 Å².